The van der Waals surface area contributed by atoms with Crippen LogP contribution in [0.5, 0.6) is 11.5 Å². The van der Waals surface area contributed by atoms with Gasteiger partial charge in [-0.25, -0.2) is 5.43 Å². The molecule has 0 saturated heterocycles. The molecule has 25 heavy (non-hydrogen) atoms. The van der Waals surface area contributed by atoms with Gasteiger partial charge in [0.15, 0.2) is 11.5 Å². The molecule has 2 aromatic rings. The Morgan fingerprint density at radius 3 is 2.64 bits per heavy atom. The molecule has 0 spiro atoms. The molecule has 1 atom stereocenters. The topological polar surface area (TPSA) is 83.0 Å². The molecule has 0 aliphatic heterocycles. The lowest BCUT2D eigenvalue weighted by atomic mass is 10.2. The van der Waals surface area contributed by atoms with Gasteiger partial charge >= 0.3 is 0 Å². The molecule has 2 aromatic carbocycles. The highest BCUT2D eigenvalue weighted by atomic mass is 79.9. The summed E-state index contributed by atoms with van der Waals surface area (Å²) in [6, 6.07) is 10.6. The van der Waals surface area contributed by atoms with Crippen molar-refractivity contribution in [2.75, 3.05) is 12.4 Å². The average molecular weight is 406 g/mol. The van der Waals surface area contributed by atoms with E-state index in [2.05, 4.69) is 31.8 Å². The maximum atomic E-state index is 12.1. The average Bonchev–Trinajstić information content (AvgIpc) is 2.59. The number of aromatic hydroxyl groups is 1. The number of anilines is 1. The molecule has 132 valence electrons. The Hall–Kier alpha value is -2.54. The minimum atomic E-state index is -0.444. The van der Waals surface area contributed by atoms with Crippen molar-refractivity contribution in [3.05, 3.63) is 52.0 Å². The summed E-state index contributed by atoms with van der Waals surface area (Å²) in [7, 11) is 1.46. The van der Waals surface area contributed by atoms with Crippen molar-refractivity contribution >= 4 is 33.7 Å². The van der Waals surface area contributed by atoms with Gasteiger partial charge in [0.2, 0.25) is 0 Å². The molecule has 2 rings (SSSR count). The summed E-state index contributed by atoms with van der Waals surface area (Å²) in [4.78, 5) is 12.1. The van der Waals surface area contributed by atoms with Crippen LogP contribution in [0.25, 0.3) is 0 Å². The third-order valence-corrected chi connectivity index (χ3v) is 4.09. The number of amides is 1. The van der Waals surface area contributed by atoms with Gasteiger partial charge in [-0.1, -0.05) is 17.7 Å². The number of rotatable bonds is 6. The first-order valence-electron chi connectivity index (χ1n) is 7.63. The Morgan fingerprint density at radius 2 is 2.00 bits per heavy atom. The number of phenolic OH excluding ortho intramolecular Hbond substituents is 1. The van der Waals surface area contributed by atoms with E-state index in [0.717, 1.165) is 11.3 Å². The van der Waals surface area contributed by atoms with Crippen LogP contribution < -0.4 is 15.5 Å². The molecule has 1 amide bonds. The number of hydrazone groups is 1. The molecule has 0 aliphatic carbocycles. The largest absolute Gasteiger partial charge is 0.503 e. The van der Waals surface area contributed by atoms with E-state index in [0.29, 0.717) is 15.8 Å². The highest BCUT2D eigenvalue weighted by Crippen LogP contribution is 2.34. The van der Waals surface area contributed by atoms with Crippen LogP contribution in [-0.2, 0) is 4.79 Å². The van der Waals surface area contributed by atoms with Gasteiger partial charge in [-0.15, -0.1) is 0 Å². The van der Waals surface area contributed by atoms with Crippen LogP contribution in [0.3, 0.4) is 0 Å². The molecular weight excluding hydrogens is 386 g/mol. The van der Waals surface area contributed by atoms with Gasteiger partial charge in [-0.3, -0.25) is 4.79 Å². The number of halogens is 1. The van der Waals surface area contributed by atoms with E-state index >= 15 is 0 Å². The number of benzene rings is 2. The van der Waals surface area contributed by atoms with Crippen LogP contribution in [0.1, 0.15) is 18.1 Å². The Morgan fingerprint density at radius 1 is 1.32 bits per heavy atom. The summed E-state index contributed by atoms with van der Waals surface area (Å²) in [6.07, 6.45) is 1.48. The number of hydrogen-bond donors (Lipinski definition) is 3. The molecule has 3 N–H and O–H groups in total. The maximum Gasteiger partial charge on any atom is 0.262 e. The third kappa shape index (κ3) is 5.22. The fraction of sp³-hybridized carbons (Fsp3) is 0.222. The number of nitrogens with zero attached hydrogens (tertiary/aromatic N) is 1. The third-order valence-electron chi connectivity index (χ3n) is 3.49. The van der Waals surface area contributed by atoms with Gasteiger partial charge in [-0.05, 0) is 59.6 Å². The zero-order valence-corrected chi connectivity index (χ0v) is 15.8. The van der Waals surface area contributed by atoms with Crippen molar-refractivity contribution in [1.29, 1.82) is 0 Å². The van der Waals surface area contributed by atoms with Crippen LogP contribution in [0.4, 0.5) is 5.69 Å². The Bertz CT molecular complexity index is 776. The van der Waals surface area contributed by atoms with E-state index in [-0.39, 0.29) is 11.7 Å². The quantitative estimate of drug-likeness (QED) is 0.507. The lowest BCUT2D eigenvalue weighted by Crippen LogP contribution is -2.34. The number of aryl methyl sites for hydroxylation is 1. The smallest absolute Gasteiger partial charge is 0.262 e. The Kier molecular flexibility index (Phi) is 6.41. The van der Waals surface area contributed by atoms with Gasteiger partial charge in [0.05, 0.1) is 17.8 Å². The molecule has 0 radical (unpaired) electrons. The number of phenols is 1. The predicted octanol–water partition coefficient (Wildman–Crippen LogP) is 3.42. The molecule has 6 nitrogen and oxygen atoms in total. The zero-order valence-electron chi connectivity index (χ0n) is 14.2. The van der Waals surface area contributed by atoms with Gasteiger partial charge in [0.25, 0.3) is 5.91 Å². The maximum absolute atomic E-state index is 12.1. The summed E-state index contributed by atoms with van der Waals surface area (Å²) in [5, 5.41) is 16.8. The van der Waals surface area contributed by atoms with E-state index in [4.69, 9.17) is 4.74 Å². The van der Waals surface area contributed by atoms with Gasteiger partial charge in [0.1, 0.15) is 6.04 Å². The molecule has 7 heteroatoms. The predicted molar refractivity (Wildman–Crippen MR) is 102 cm³/mol. The molecule has 1 unspecified atom stereocenters. The lowest BCUT2D eigenvalue weighted by molar-refractivity contribution is -0.121. The van der Waals surface area contributed by atoms with Crippen LogP contribution >= 0.6 is 15.9 Å². The van der Waals surface area contributed by atoms with E-state index in [1.165, 1.54) is 13.3 Å². The first-order valence-corrected chi connectivity index (χ1v) is 8.42. The SMILES string of the molecule is COc1cc(C=NNC(=O)C(C)Nc2ccc(C)cc2)cc(Br)c1O. The molecule has 0 aliphatic rings. The molecule has 0 aromatic heterocycles. The van der Waals surface area contributed by atoms with Crippen molar-refractivity contribution in [3.63, 3.8) is 0 Å². The minimum absolute atomic E-state index is 0.0135. The first-order chi connectivity index (χ1) is 11.9. The number of hydrogen-bond acceptors (Lipinski definition) is 5. The highest BCUT2D eigenvalue weighted by molar-refractivity contribution is 9.10. The Balaban J connectivity index is 1.95. The van der Waals surface area contributed by atoms with Crippen molar-refractivity contribution in [2.24, 2.45) is 5.10 Å². The molecule has 0 fully saturated rings. The van der Waals surface area contributed by atoms with Gasteiger partial charge < -0.3 is 15.2 Å². The number of carbonyl (C=O) groups excluding carboxylic acids is 1. The fourth-order valence-corrected chi connectivity index (χ4v) is 2.52. The number of ether oxygens (including phenoxy) is 1. The Labute approximate surface area is 155 Å². The second-order valence-corrected chi connectivity index (χ2v) is 6.37. The summed E-state index contributed by atoms with van der Waals surface area (Å²) in [5.41, 5.74) is 5.17. The standard InChI is InChI=1S/C18H20BrN3O3/c1-11-4-6-14(7-5-11)21-12(2)18(24)22-20-10-13-8-15(19)17(23)16(9-13)25-3/h4-10,12,21,23H,1-3H3,(H,22,24). The summed E-state index contributed by atoms with van der Waals surface area (Å²) in [5.74, 6) is 0.0674. The monoisotopic (exact) mass is 405 g/mol. The lowest BCUT2D eigenvalue weighted by Gasteiger charge is -2.13. The van der Waals surface area contributed by atoms with E-state index < -0.39 is 6.04 Å². The van der Waals surface area contributed by atoms with E-state index in [9.17, 15) is 9.90 Å². The van der Waals surface area contributed by atoms with Crippen molar-refractivity contribution in [2.45, 2.75) is 19.9 Å². The molecular formula is C18H20BrN3O3. The second kappa shape index (κ2) is 8.53. The molecule has 0 heterocycles. The molecule has 0 bridgehead atoms. The zero-order chi connectivity index (χ0) is 18.4. The molecule has 0 saturated carbocycles. The van der Waals surface area contributed by atoms with Crippen LogP contribution in [0, 0.1) is 6.92 Å². The van der Waals surface area contributed by atoms with Crippen LogP contribution in [0.15, 0.2) is 46.0 Å². The highest BCUT2D eigenvalue weighted by Gasteiger charge is 2.12. The van der Waals surface area contributed by atoms with E-state index in [1.54, 1.807) is 19.1 Å². The van der Waals surface area contributed by atoms with Crippen molar-refractivity contribution in [3.8, 4) is 11.5 Å². The normalized spacial score (nSPS) is 12.0. The van der Waals surface area contributed by atoms with Gasteiger partial charge in [0, 0.05) is 5.69 Å². The van der Waals surface area contributed by atoms with E-state index in [1.807, 2.05) is 31.2 Å². The summed E-state index contributed by atoms with van der Waals surface area (Å²) in [6.45, 7) is 3.76. The number of methoxy groups -OCH3 is 1. The second-order valence-electron chi connectivity index (χ2n) is 5.52. The number of nitrogens with one attached hydrogen (secondary N) is 2. The van der Waals surface area contributed by atoms with Crippen molar-refractivity contribution in [1.82, 2.24) is 5.43 Å². The summed E-state index contributed by atoms with van der Waals surface area (Å²) < 4.78 is 5.55. The van der Waals surface area contributed by atoms with Gasteiger partial charge in [-0.2, -0.15) is 5.10 Å². The summed E-state index contributed by atoms with van der Waals surface area (Å²) >= 11 is 3.23. The van der Waals surface area contributed by atoms with Crippen LogP contribution in [-0.4, -0.2) is 30.4 Å². The van der Waals surface area contributed by atoms with Crippen LogP contribution in [0.2, 0.25) is 0 Å². The fourth-order valence-electron chi connectivity index (χ4n) is 2.06. The van der Waals surface area contributed by atoms with Crippen molar-refractivity contribution < 1.29 is 14.6 Å². The first kappa shape index (κ1) is 18.8. The minimum Gasteiger partial charge on any atom is -0.503 e. The number of carbonyl (C=O) groups is 1.